The van der Waals surface area contributed by atoms with Crippen molar-refractivity contribution in [1.29, 1.82) is 0 Å². The molecule has 0 fully saturated rings. The average Bonchev–Trinajstić information content (AvgIpc) is 2.25. The molecule has 1 aromatic rings. The monoisotopic (exact) mass is 290 g/mol. The van der Waals surface area contributed by atoms with Crippen molar-refractivity contribution < 1.29 is 16.8 Å². The molecule has 0 saturated carbocycles. The molecule has 0 atom stereocenters. The van der Waals surface area contributed by atoms with E-state index in [4.69, 9.17) is 0 Å². The van der Waals surface area contributed by atoms with E-state index in [1.165, 1.54) is 0 Å². The molecular weight excluding hydrogens is 276 g/mol. The summed E-state index contributed by atoms with van der Waals surface area (Å²) in [5, 5.41) is -0.531. The maximum atomic E-state index is 11.7. The van der Waals surface area contributed by atoms with Gasteiger partial charge in [0.05, 0.1) is 0 Å². The highest BCUT2D eigenvalue weighted by Crippen LogP contribution is 2.25. The molecule has 0 saturated heterocycles. The summed E-state index contributed by atoms with van der Waals surface area (Å²) in [4.78, 5) is 7.74. The molecule has 6 nitrogen and oxygen atoms in total. The van der Waals surface area contributed by atoms with Crippen LogP contribution in [0.4, 0.5) is 0 Å². The normalized spacial score (nSPS) is 16.3. The lowest BCUT2D eigenvalue weighted by atomic mass is 9.98. The van der Waals surface area contributed by atoms with Crippen molar-refractivity contribution in [1.82, 2.24) is 9.97 Å². The van der Waals surface area contributed by atoms with Crippen molar-refractivity contribution in [2.24, 2.45) is 0 Å². The predicted molar refractivity (Wildman–Crippen MR) is 64.9 cm³/mol. The van der Waals surface area contributed by atoms with Crippen molar-refractivity contribution in [3.05, 3.63) is 11.3 Å². The molecule has 0 amide bonds. The van der Waals surface area contributed by atoms with Gasteiger partial charge in [-0.1, -0.05) is 0 Å². The number of aromatic nitrogens is 2. The molecule has 8 heteroatoms. The molecule has 100 valence electrons. The van der Waals surface area contributed by atoms with Crippen molar-refractivity contribution in [3.8, 4) is 0 Å². The standard InChI is InChI=1S/C10H14N2O4S2/c1-17(13,14)9-7-5-3-4-6-8(7)11-10(12-9)18(2,15)16/h3-6H2,1-2H3. The number of nitrogens with zero attached hydrogens (tertiary/aromatic N) is 2. The Balaban J connectivity index is 2.79. The van der Waals surface area contributed by atoms with Crippen LogP contribution in [0.2, 0.25) is 0 Å². The maximum absolute atomic E-state index is 11.7. The Morgan fingerprint density at radius 2 is 1.50 bits per heavy atom. The van der Waals surface area contributed by atoms with Gasteiger partial charge in [0.25, 0.3) is 0 Å². The number of fused-ring (bicyclic) bond motifs is 1. The Morgan fingerprint density at radius 1 is 0.889 bits per heavy atom. The molecule has 0 unspecified atom stereocenters. The van der Waals surface area contributed by atoms with Gasteiger partial charge in [0, 0.05) is 23.8 Å². The minimum atomic E-state index is -3.61. The average molecular weight is 290 g/mol. The summed E-state index contributed by atoms with van der Waals surface area (Å²) in [5.41, 5.74) is 1.13. The van der Waals surface area contributed by atoms with Gasteiger partial charge in [-0.2, -0.15) is 0 Å². The van der Waals surface area contributed by atoms with Crippen molar-refractivity contribution in [3.63, 3.8) is 0 Å². The lowest BCUT2D eigenvalue weighted by Crippen LogP contribution is -2.18. The first-order chi connectivity index (χ1) is 8.19. The minimum Gasteiger partial charge on any atom is -0.223 e. The fourth-order valence-corrected chi connectivity index (χ4v) is 3.52. The Labute approximate surface area is 106 Å². The SMILES string of the molecule is CS(=O)(=O)c1nc2c(c(S(C)(=O)=O)n1)CCCC2. The summed E-state index contributed by atoms with van der Waals surface area (Å²) in [6.07, 6.45) is 4.96. The molecule has 0 aliphatic heterocycles. The van der Waals surface area contributed by atoms with E-state index in [9.17, 15) is 16.8 Å². The topological polar surface area (TPSA) is 94.1 Å². The molecule has 18 heavy (non-hydrogen) atoms. The zero-order valence-corrected chi connectivity index (χ0v) is 11.8. The van der Waals surface area contributed by atoms with Gasteiger partial charge in [0.1, 0.15) is 0 Å². The van der Waals surface area contributed by atoms with Crippen LogP contribution < -0.4 is 0 Å². The highest BCUT2D eigenvalue weighted by Gasteiger charge is 2.26. The van der Waals surface area contributed by atoms with Gasteiger partial charge in [-0.15, -0.1) is 0 Å². The highest BCUT2D eigenvalue weighted by molar-refractivity contribution is 7.91. The second kappa shape index (κ2) is 4.27. The van der Waals surface area contributed by atoms with E-state index >= 15 is 0 Å². The molecule has 1 heterocycles. The number of rotatable bonds is 2. The van der Waals surface area contributed by atoms with Gasteiger partial charge in [0.15, 0.2) is 14.9 Å². The van der Waals surface area contributed by atoms with Gasteiger partial charge in [-0.05, 0) is 25.7 Å². The third kappa shape index (κ3) is 2.54. The van der Waals surface area contributed by atoms with Crippen LogP contribution >= 0.6 is 0 Å². The third-order valence-electron chi connectivity index (χ3n) is 2.81. The zero-order chi connectivity index (χ0) is 13.6. The van der Waals surface area contributed by atoms with Crippen molar-refractivity contribution >= 4 is 19.7 Å². The first kappa shape index (κ1) is 13.4. The van der Waals surface area contributed by atoms with E-state index in [2.05, 4.69) is 9.97 Å². The summed E-state index contributed by atoms with van der Waals surface area (Å²) < 4.78 is 46.4. The van der Waals surface area contributed by atoms with Crippen molar-refractivity contribution in [2.45, 2.75) is 35.9 Å². The van der Waals surface area contributed by atoms with Crippen LogP contribution in [0.5, 0.6) is 0 Å². The second-order valence-electron chi connectivity index (χ2n) is 4.49. The summed E-state index contributed by atoms with van der Waals surface area (Å²) >= 11 is 0. The van der Waals surface area contributed by atoms with Gasteiger partial charge in [0.2, 0.25) is 15.0 Å². The van der Waals surface area contributed by atoms with E-state index in [0.717, 1.165) is 25.4 Å². The van der Waals surface area contributed by atoms with E-state index in [0.29, 0.717) is 24.1 Å². The van der Waals surface area contributed by atoms with Crippen LogP contribution in [0.25, 0.3) is 0 Å². The van der Waals surface area contributed by atoms with Gasteiger partial charge >= 0.3 is 0 Å². The molecule has 0 aromatic carbocycles. The summed E-state index contributed by atoms with van der Waals surface area (Å²) in [5.74, 6) is 0. The maximum Gasteiger partial charge on any atom is 0.248 e. The number of hydrogen-bond donors (Lipinski definition) is 0. The Kier molecular flexibility index (Phi) is 3.18. The molecule has 2 rings (SSSR count). The van der Waals surface area contributed by atoms with Crippen LogP contribution in [0.1, 0.15) is 24.1 Å². The quantitative estimate of drug-likeness (QED) is 0.569. The predicted octanol–water partition coefficient (Wildman–Crippen LogP) is 0.162. The van der Waals surface area contributed by atoms with E-state index < -0.39 is 24.8 Å². The largest absolute Gasteiger partial charge is 0.248 e. The molecule has 1 aromatic heterocycles. The smallest absolute Gasteiger partial charge is 0.223 e. The highest BCUT2D eigenvalue weighted by atomic mass is 32.2. The summed E-state index contributed by atoms with van der Waals surface area (Å²) in [7, 11) is -7.15. The zero-order valence-electron chi connectivity index (χ0n) is 10.2. The fourth-order valence-electron chi connectivity index (χ4n) is 2.01. The first-order valence-corrected chi connectivity index (χ1v) is 9.28. The van der Waals surface area contributed by atoms with Crippen LogP contribution in [-0.2, 0) is 32.5 Å². The van der Waals surface area contributed by atoms with Crippen LogP contribution in [0, 0.1) is 0 Å². The molecule has 0 radical (unpaired) electrons. The second-order valence-corrected chi connectivity index (χ2v) is 8.33. The lowest BCUT2D eigenvalue weighted by molar-refractivity contribution is 0.566. The molecule has 0 bridgehead atoms. The van der Waals surface area contributed by atoms with Gasteiger partial charge in [-0.3, -0.25) is 0 Å². The number of sulfone groups is 2. The van der Waals surface area contributed by atoms with E-state index in [-0.39, 0.29) is 5.03 Å². The summed E-state index contributed by atoms with van der Waals surface area (Å²) in [6, 6.07) is 0. The van der Waals surface area contributed by atoms with Crippen LogP contribution in [0.15, 0.2) is 10.2 Å². The molecule has 0 N–H and O–H groups in total. The van der Waals surface area contributed by atoms with Gasteiger partial charge < -0.3 is 0 Å². The van der Waals surface area contributed by atoms with Crippen LogP contribution in [-0.4, -0.2) is 39.3 Å². The summed E-state index contributed by atoms with van der Waals surface area (Å²) in [6.45, 7) is 0. The van der Waals surface area contributed by atoms with E-state index in [1.807, 2.05) is 0 Å². The Morgan fingerprint density at radius 3 is 2.06 bits per heavy atom. The lowest BCUT2D eigenvalue weighted by Gasteiger charge is -2.17. The number of aryl methyl sites for hydroxylation is 1. The van der Waals surface area contributed by atoms with Crippen LogP contribution in [0.3, 0.4) is 0 Å². The first-order valence-electron chi connectivity index (χ1n) is 5.49. The third-order valence-corrected chi connectivity index (χ3v) is 4.69. The molecule has 1 aliphatic carbocycles. The van der Waals surface area contributed by atoms with E-state index in [1.54, 1.807) is 0 Å². The van der Waals surface area contributed by atoms with Crippen molar-refractivity contribution in [2.75, 3.05) is 12.5 Å². The fraction of sp³-hybridized carbons (Fsp3) is 0.600. The Hall–Kier alpha value is -1.02. The van der Waals surface area contributed by atoms with Gasteiger partial charge in [-0.25, -0.2) is 26.8 Å². The Bertz CT molecular complexity index is 693. The molecule has 0 spiro atoms. The number of hydrogen-bond acceptors (Lipinski definition) is 6. The molecule has 1 aliphatic rings. The minimum absolute atomic E-state index is 0.132. The molecular formula is C10H14N2O4S2.